The fraction of sp³-hybridized carbons (Fsp3) is 1.00. The summed E-state index contributed by atoms with van der Waals surface area (Å²) in [6.45, 7) is 12.2. The second-order valence-corrected chi connectivity index (χ2v) is 4.44. The topological polar surface area (TPSA) is 27.7 Å². The van der Waals surface area contributed by atoms with Crippen LogP contribution < -0.4 is 5.32 Å². The number of morpholine rings is 1. The highest BCUT2D eigenvalue weighted by atomic mass is 16.5. The molecule has 4 heteroatoms. The molecule has 4 nitrogen and oxygen atoms in total. The Kier molecular flexibility index (Phi) is 4.38. The highest BCUT2D eigenvalue weighted by Crippen LogP contribution is 2.07. The molecule has 0 bridgehead atoms. The predicted octanol–water partition coefficient (Wildman–Crippen LogP) is -0.388. The first-order valence-corrected chi connectivity index (χ1v) is 6.15. The Bertz CT molecular complexity index is 183. The molecule has 0 aromatic carbocycles. The molecule has 1 N–H and O–H groups in total. The molecule has 0 aromatic heterocycles. The van der Waals surface area contributed by atoms with Crippen LogP contribution in [-0.4, -0.2) is 74.9 Å². The number of nitrogens with zero attached hydrogens (tertiary/aromatic N) is 2. The monoisotopic (exact) mass is 213 g/mol. The smallest absolute Gasteiger partial charge is 0.0829 e. The van der Waals surface area contributed by atoms with Crippen molar-refractivity contribution < 1.29 is 4.74 Å². The van der Waals surface area contributed by atoms with E-state index in [-0.39, 0.29) is 0 Å². The van der Waals surface area contributed by atoms with E-state index in [0.29, 0.717) is 6.10 Å². The summed E-state index contributed by atoms with van der Waals surface area (Å²) >= 11 is 0. The molecule has 0 amide bonds. The summed E-state index contributed by atoms with van der Waals surface area (Å²) in [7, 11) is 0. The molecule has 15 heavy (non-hydrogen) atoms. The van der Waals surface area contributed by atoms with Crippen molar-refractivity contribution in [1.29, 1.82) is 0 Å². The summed E-state index contributed by atoms with van der Waals surface area (Å²) in [6, 6.07) is 0. The van der Waals surface area contributed by atoms with Gasteiger partial charge in [-0.25, -0.2) is 0 Å². The van der Waals surface area contributed by atoms with Gasteiger partial charge in [0.2, 0.25) is 0 Å². The first-order chi connectivity index (χ1) is 7.38. The highest BCUT2D eigenvalue weighted by molar-refractivity contribution is 4.76. The van der Waals surface area contributed by atoms with Crippen LogP contribution in [0.3, 0.4) is 0 Å². The van der Waals surface area contributed by atoms with Crippen LogP contribution in [0.1, 0.15) is 6.92 Å². The lowest BCUT2D eigenvalue weighted by molar-refractivity contribution is -0.0428. The molecule has 88 valence electrons. The van der Waals surface area contributed by atoms with Gasteiger partial charge in [0, 0.05) is 45.8 Å². The Labute approximate surface area is 92.6 Å². The quantitative estimate of drug-likeness (QED) is 0.691. The van der Waals surface area contributed by atoms with Crippen molar-refractivity contribution in [2.24, 2.45) is 0 Å². The molecule has 0 spiro atoms. The number of piperazine rings is 1. The number of rotatable bonds is 3. The number of hydrogen-bond acceptors (Lipinski definition) is 4. The molecular weight excluding hydrogens is 190 g/mol. The second-order valence-electron chi connectivity index (χ2n) is 4.44. The maximum Gasteiger partial charge on any atom is 0.0829 e. The summed E-state index contributed by atoms with van der Waals surface area (Å²) in [6.07, 6.45) is 0.428. The Morgan fingerprint density at radius 2 is 2.00 bits per heavy atom. The largest absolute Gasteiger partial charge is 0.374 e. The van der Waals surface area contributed by atoms with Crippen molar-refractivity contribution in [3.63, 3.8) is 0 Å². The zero-order valence-electron chi connectivity index (χ0n) is 9.74. The van der Waals surface area contributed by atoms with E-state index in [1.807, 2.05) is 0 Å². The Morgan fingerprint density at radius 3 is 2.73 bits per heavy atom. The minimum absolute atomic E-state index is 0.428. The fourth-order valence-electron chi connectivity index (χ4n) is 2.36. The molecule has 2 fully saturated rings. The van der Waals surface area contributed by atoms with Gasteiger partial charge in [0.1, 0.15) is 0 Å². The van der Waals surface area contributed by atoms with E-state index in [2.05, 4.69) is 22.0 Å². The number of hydrogen-bond donors (Lipinski definition) is 1. The van der Waals surface area contributed by atoms with Crippen LogP contribution >= 0.6 is 0 Å². The van der Waals surface area contributed by atoms with Gasteiger partial charge in [-0.1, -0.05) is 6.92 Å². The second kappa shape index (κ2) is 5.80. The molecule has 0 aliphatic carbocycles. The van der Waals surface area contributed by atoms with Crippen LogP contribution in [-0.2, 0) is 4.74 Å². The molecule has 0 aromatic rings. The predicted molar refractivity (Wildman–Crippen MR) is 61.2 cm³/mol. The molecule has 0 radical (unpaired) electrons. The van der Waals surface area contributed by atoms with Crippen LogP contribution in [0.5, 0.6) is 0 Å². The fourth-order valence-corrected chi connectivity index (χ4v) is 2.36. The Morgan fingerprint density at radius 1 is 1.20 bits per heavy atom. The van der Waals surface area contributed by atoms with Gasteiger partial charge in [-0.05, 0) is 6.54 Å². The van der Waals surface area contributed by atoms with Gasteiger partial charge in [-0.2, -0.15) is 0 Å². The van der Waals surface area contributed by atoms with E-state index in [1.165, 1.54) is 13.1 Å². The number of likely N-dealkylation sites (N-methyl/N-ethyl adjacent to an activating group) is 1. The molecule has 2 aliphatic heterocycles. The van der Waals surface area contributed by atoms with E-state index in [0.717, 1.165) is 45.9 Å². The average Bonchev–Trinajstić information content (AvgIpc) is 2.31. The molecule has 2 rings (SSSR count). The van der Waals surface area contributed by atoms with Crippen molar-refractivity contribution in [2.45, 2.75) is 13.0 Å². The normalized spacial score (nSPS) is 30.6. The van der Waals surface area contributed by atoms with Gasteiger partial charge in [0.25, 0.3) is 0 Å². The van der Waals surface area contributed by atoms with Crippen LogP contribution in [0, 0.1) is 0 Å². The van der Waals surface area contributed by atoms with Crippen molar-refractivity contribution in [2.75, 3.05) is 59.0 Å². The molecule has 2 saturated heterocycles. The number of ether oxygens (including phenoxy) is 1. The number of nitrogens with one attached hydrogen (secondary N) is 1. The molecule has 0 unspecified atom stereocenters. The average molecular weight is 213 g/mol. The van der Waals surface area contributed by atoms with Crippen molar-refractivity contribution >= 4 is 0 Å². The van der Waals surface area contributed by atoms with Crippen LogP contribution in [0.4, 0.5) is 0 Å². The summed E-state index contributed by atoms with van der Waals surface area (Å²) in [4.78, 5) is 5.00. The van der Waals surface area contributed by atoms with Gasteiger partial charge in [0.15, 0.2) is 0 Å². The Balaban J connectivity index is 1.72. The first-order valence-electron chi connectivity index (χ1n) is 6.15. The first kappa shape index (κ1) is 11.3. The summed E-state index contributed by atoms with van der Waals surface area (Å²) in [5.74, 6) is 0. The lowest BCUT2D eigenvalue weighted by Gasteiger charge is -2.36. The van der Waals surface area contributed by atoms with Crippen LogP contribution in [0.25, 0.3) is 0 Å². The van der Waals surface area contributed by atoms with E-state index in [4.69, 9.17) is 4.74 Å². The van der Waals surface area contributed by atoms with Gasteiger partial charge in [0.05, 0.1) is 12.7 Å². The Hall–Kier alpha value is -0.160. The zero-order valence-corrected chi connectivity index (χ0v) is 9.74. The minimum atomic E-state index is 0.428. The third kappa shape index (κ3) is 3.41. The minimum Gasteiger partial charge on any atom is -0.374 e. The van der Waals surface area contributed by atoms with Crippen molar-refractivity contribution in [3.8, 4) is 0 Å². The highest BCUT2D eigenvalue weighted by Gasteiger charge is 2.22. The summed E-state index contributed by atoms with van der Waals surface area (Å²) in [5, 5.41) is 3.38. The SMILES string of the molecule is CCN1CCO[C@H](CN2CCNCC2)C1. The maximum atomic E-state index is 5.81. The zero-order chi connectivity index (χ0) is 10.5. The maximum absolute atomic E-state index is 5.81. The van der Waals surface area contributed by atoms with Crippen molar-refractivity contribution in [1.82, 2.24) is 15.1 Å². The third-order valence-electron chi connectivity index (χ3n) is 3.34. The lowest BCUT2D eigenvalue weighted by Crippen LogP contribution is -2.51. The van der Waals surface area contributed by atoms with Crippen molar-refractivity contribution in [3.05, 3.63) is 0 Å². The van der Waals surface area contributed by atoms with Gasteiger partial charge in [-0.15, -0.1) is 0 Å². The molecule has 0 saturated carbocycles. The van der Waals surface area contributed by atoms with Gasteiger partial charge >= 0.3 is 0 Å². The van der Waals surface area contributed by atoms with Gasteiger partial charge < -0.3 is 10.1 Å². The lowest BCUT2D eigenvalue weighted by atomic mass is 10.2. The van der Waals surface area contributed by atoms with Crippen LogP contribution in [0.15, 0.2) is 0 Å². The molecule has 2 heterocycles. The summed E-state index contributed by atoms with van der Waals surface area (Å²) < 4.78 is 5.81. The van der Waals surface area contributed by atoms with Gasteiger partial charge in [-0.3, -0.25) is 9.80 Å². The third-order valence-corrected chi connectivity index (χ3v) is 3.34. The standard InChI is InChI=1S/C11H23N3O/c1-2-13-7-8-15-11(9-13)10-14-5-3-12-4-6-14/h11-12H,2-10H2,1H3/t11-/m0/s1. The van der Waals surface area contributed by atoms with E-state index >= 15 is 0 Å². The summed E-state index contributed by atoms with van der Waals surface area (Å²) in [5.41, 5.74) is 0. The van der Waals surface area contributed by atoms with E-state index in [9.17, 15) is 0 Å². The van der Waals surface area contributed by atoms with E-state index < -0.39 is 0 Å². The van der Waals surface area contributed by atoms with Crippen LogP contribution in [0.2, 0.25) is 0 Å². The molecular formula is C11H23N3O. The van der Waals surface area contributed by atoms with E-state index in [1.54, 1.807) is 0 Å². The molecule has 1 atom stereocenters. The molecule has 2 aliphatic rings.